The largest absolute Gasteiger partial charge is 0.327 e. The summed E-state index contributed by atoms with van der Waals surface area (Å²) in [5.74, 6) is 0.219. The molecule has 4 aromatic rings. The van der Waals surface area contributed by atoms with Gasteiger partial charge in [-0.05, 0) is 60.7 Å². The number of benzene rings is 3. The second-order valence-electron chi connectivity index (χ2n) is 6.02. The number of fused-ring (bicyclic) bond motifs is 1. The van der Waals surface area contributed by atoms with E-state index in [2.05, 4.69) is 10.3 Å². The first-order valence-corrected chi connectivity index (χ1v) is 8.20. The molecule has 0 spiro atoms. The smallest absolute Gasteiger partial charge is 0.255 e. The van der Waals surface area contributed by atoms with Crippen molar-refractivity contribution in [1.29, 1.82) is 0 Å². The number of aryl methyl sites for hydroxylation is 1. The number of amides is 1. The minimum Gasteiger partial charge on any atom is -0.327 e. The van der Waals surface area contributed by atoms with Gasteiger partial charge in [0.25, 0.3) is 5.91 Å². The van der Waals surface area contributed by atoms with Gasteiger partial charge in [-0.1, -0.05) is 12.1 Å². The average molecular weight is 345 g/mol. The number of aromatic nitrogens is 2. The second kappa shape index (κ2) is 6.44. The van der Waals surface area contributed by atoms with Crippen LogP contribution in [-0.4, -0.2) is 15.5 Å². The van der Waals surface area contributed by atoms with Gasteiger partial charge < -0.3 is 9.88 Å². The number of anilines is 1. The third kappa shape index (κ3) is 2.95. The number of hydrogen-bond acceptors (Lipinski definition) is 2. The van der Waals surface area contributed by atoms with Crippen molar-refractivity contribution in [3.63, 3.8) is 0 Å². The minimum atomic E-state index is -0.367. The van der Waals surface area contributed by atoms with Crippen LogP contribution >= 0.6 is 0 Å². The summed E-state index contributed by atoms with van der Waals surface area (Å²) in [6.45, 7) is 0. The Kier molecular flexibility index (Phi) is 3.97. The van der Waals surface area contributed by atoms with Crippen molar-refractivity contribution in [1.82, 2.24) is 9.55 Å². The van der Waals surface area contributed by atoms with Crippen LogP contribution in [0.2, 0.25) is 0 Å². The van der Waals surface area contributed by atoms with Crippen LogP contribution in [0.4, 0.5) is 10.1 Å². The summed E-state index contributed by atoms with van der Waals surface area (Å²) >= 11 is 0. The van der Waals surface area contributed by atoms with Gasteiger partial charge in [-0.3, -0.25) is 4.79 Å². The number of nitrogens with zero attached hydrogens (tertiary/aromatic N) is 2. The van der Waals surface area contributed by atoms with Crippen molar-refractivity contribution < 1.29 is 9.18 Å². The van der Waals surface area contributed by atoms with E-state index < -0.39 is 0 Å². The van der Waals surface area contributed by atoms with Crippen LogP contribution in [0.3, 0.4) is 0 Å². The molecule has 1 aromatic heterocycles. The SMILES string of the molecule is Cn1c(-c2ccc(NC(=O)c3ccc(F)cc3)cc2)nc2ccccc21. The van der Waals surface area contributed by atoms with Gasteiger partial charge >= 0.3 is 0 Å². The highest BCUT2D eigenvalue weighted by molar-refractivity contribution is 6.04. The van der Waals surface area contributed by atoms with Crippen LogP contribution in [-0.2, 0) is 7.05 Å². The van der Waals surface area contributed by atoms with Gasteiger partial charge in [0.05, 0.1) is 11.0 Å². The third-order valence-electron chi connectivity index (χ3n) is 4.29. The molecule has 3 aromatic carbocycles. The van der Waals surface area contributed by atoms with Gasteiger partial charge in [0.1, 0.15) is 11.6 Å². The van der Waals surface area contributed by atoms with Crippen LogP contribution < -0.4 is 5.32 Å². The van der Waals surface area contributed by atoms with Crippen molar-refractivity contribution >= 4 is 22.6 Å². The van der Waals surface area contributed by atoms with Gasteiger partial charge in [-0.15, -0.1) is 0 Å². The van der Waals surface area contributed by atoms with E-state index in [1.54, 1.807) is 0 Å². The predicted octanol–water partition coefficient (Wildman–Crippen LogP) is 4.63. The van der Waals surface area contributed by atoms with E-state index in [-0.39, 0.29) is 11.7 Å². The number of halogens is 1. The highest BCUT2D eigenvalue weighted by Crippen LogP contribution is 2.24. The molecule has 0 bridgehead atoms. The quantitative estimate of drug-likeness (QED) is 0.588. The topological polar surface area (TPSA) is 46.9 Å². The fraction of sp³-hybridized carbons (Fsp3) is 0.0476. The van der Waals surface area contributed by atoms with Crippen molar-refractivity contribution in [2.45, 2.75) is 0 Å². The zero-order valence-corrected chi connectivity index (χ0v) is 14.1. The highest BCUT2D eigenvalue weighted by atomic mass is 19.1. The Morgan fingerprint density at radius 3 is 2.35 bits per heavy atom. The Hall–Kier alpha value is -3.47. The molecule has 0 aliphatic rings. The molecule has 0 unspecified atom stereocenters. The third-order valence-corrected chi connectivity index (χ3v) is 4.29. The van der Waals surface area contributed by atoms with E-state index in [0.29, 0.717) is 11.3 Å². The van der Waals surface area contributed by atoms with Crippen LogP contribution in [0.25, 0.3) is 22.4 Å². The van der Waals surface area contributed by atoms with E-state index in [1.165, 1.54) is 24.3 Å². The maximum Gasteiger partial charge on any atom is 0.255 e. The van der Waals surface area contributed by atoms with E-state index in [4.69, 9.17) is 0 Å². The molecule has 1 amide bonds. The summed E-state index contributed by atoms with van der Waals surface area (Å²) in [6.07, 6.45) is 0. The minimum absolute atomic E-state index is 0.277. The lowest BCUT2D eigenvalue weighted by atomic mass is 10.1. The molecule has 0 saturated heterocycles. The van der Waals surface area contributed by atoms with Crippen LogP contribution in [0.1, 0.15) is 10.4 Å². The van der Waals surface area contributed by atoms with E-state index in [1.807, 2.05) is 60.1 Å². The van der Waals surface area contributed by atoms with E-state index in [9.17, 15) is 9.18 Å². The van der Waals surface area contributed by atoms with E-state index in [0.717, 1.165) is 22.4 Å². The molecular formula is C21H16FN3O. The maximum atomic E-state index is 13.0. The van der Waals surface area contributed by atoms with Crippen LogP contribution in [0.5, 0.6) is 0 Å². The van der Waals surface area contributed by atoms with Crippen molar-refractivity contribution in [2.24, 2.45) is 7.05 Å². The number of carbonyl (C=O) groups excluding carboxylic acids is 1. The standard InChI is InChI=1S/C21H16FN3O/c1-25-19-5-3-2-4-18(19)24-20(25)14-8-12-17(13-9-14)23-21(26)15-6-10-16(22)11-7-15/h2-13H,1H3,(H,23,26). The normalized spacial score (nSPS) is 10.8. The van der Waals surface area contributed by atoms with Crippen molar-refractivity contribution in [3.8, 4) is 11.4 Å². The summed E-state index contributed by atoms with van der Waals surface area (Å²) in [4.78, 5) is 16.9. The molecule has 1 heterocycles. The predicted molar refractivity (Wildman–Crippen MR) is 101 cm³/mol. The van der Waals surface area contributed by atoms with Crippen molar-refractivity contribution in [2.75, 3.05) is 5.32 Å². The molecule has 26 heavy (non-hydrogen) atoms. The first-order chi connectivity index (χ1) is 12.6. The lowest BCUT2D eigenvalue weighted by Crippen LogP contribution is -2.11. The molecule has 0 radical (unpaired) electrons. The monoisotopic (exact) mass is 345 g/mol. The first kappa shape index (κ1) is 16.0. The maximum absolute atomic E-state index is 13.0. The fourth-order valence-electron chi connectivity index (χ4n) is 2.91. The molecule has 0 aliphatic heterocycles. The van der Waals surface area contributed by atoms with Gasteiger partial charge in [0, 0.05) is 23.9 Å². The highest BCUT2D eigenvalue weighted by Gasteiger charge is 2.10. The van der Waals surface area contributed by atoms with Gasteiger partial charge in [-0.2, -0.15) is 0 Å². The summed E-state index contributed by atoms with van der Waals surface area (Å²) in [6, 6.07) is 20.9. The molecular weight excluding hydrogens is 329 g/mol. The Morgan fingerprint density at radius 1 is 0.962 bits per heavy atom. The number of imidazole rings is 1. The summed E-state index contributed by atoms with van der Waals surface area (Å²) in [5, 5.41) is 2.81. The average Bonchev–Trinajstić information content (AvgIpc) is 3.00. The molecule has 4 nitrogen and oxygen atoms in total. The molecule has 1 N–H and O–H groups in total. The Balaban J connectivity index is 1.57. The first-order valence-electron chi connectivity index (χ1n) is 8.20. The summed E-state index contributed by atoms with van der Waals surface area (Å²) in [5.41, 5.74) is 4.05. The number of carbonyl (C=O) groups is 1. The van der Waals surface area contributed by atoms with Crippen LogP contribution in [0, 0.1) is 5.82 Å². The Morgan fingerprint density at radius 2 is 1.65 bits per heavy atom. The molecule has 5 heteroatoms. The zero-order chi connectivity index (χ0) is 18.1. The molecule has 0 atom stereocenters. The number of rotatable bonds is 3. The fourth-order valence-corrected chi connectivity index (χ4v) is 2.91. The van der Waals surface area contributed by atoms with Gasteiger partial charge in [0.2, 0.25) is 0 Å². The molecule has 0 fully saturated rings. The number of para-hydroxylation sites is 2. The van der Waals surface area contributed by atoms with E-state index >= 15 is 0 Å². The molecule has 0 saturated carbocycles. The summed E-state index contributed by atoms with van der Waals surface area (Å²) in [7, 11) is 1.98. The Bertz CT molecular complexity index is 1080. The van der Waals surface area contributed by atoms with Crippen LogP contribution in [0.15, 0.2) is 72.8 Å². The zero-order valence-electron chi connectivity index (χ0n) is 14.1. The molecule has 4 rings (SSSR count). The summed E-state index contributed by atoms with van der Waals surface area (Å²) < 4.78 is 15.0. The van der Waals surface area contributed by atoms with Gasteiger partial charge in [0.15, 0.2) is 0 Å². The Labute approximate surface area is 149 Å². The number of nitrogens with one attached hydrogen (secondary N) is 1. The second-order valence-corrected chi connectivity index (χ2v) is 6.02. The molecule has 0 aliphatic carbocycles. The number of hydrogen-bond donors (Lipinski definition) is 1. The lowest BCUT2D eigenvalue weighted by molar-refractivity contribution is 0.102. The van der Waals surface area contributed by atoms with Crippen molar-refractivity contribution in [3.05, 3.63) is 84.2 Å². The van der Waals surface area contributed by atoms with Gasteiger partial charge in [-0.25, -0.2) is 9.37 Å². The molecule has 128 valence electrons. The lowest BCUT2D eigenvalue weighted by Gasteiger charge is -2.07.